The summed E-state index contributed by atoms with van der Waals surface area (Å²) in [5, 5.41) is 5.10. The molecule has 0 radical (unpaired) electrons. The van der Waals surface area contributed by atoms with E-state index in [1.807, 2.05) is 6.92 Å². The lowest BCUT2D eigenvalue weighted by Crippen LogP contribution is -2.51. The highest BCUT2D eigenvalue weighted by Gasteiger charge is 2.26. The topological polar surface area (TPSA) is 67.4 Å². The average molecular weight is 419 g/mol. The Morgan fingerprint density at radius 2 is 1.89 bits per heavy atom. The molecule has 1 saturated heterocycles. The molecule has 1 heterocycles. The summed E-state index contributed by atoms with van der Waals surface area (Å²) in [7, 11) is 0. The minimum atomic E-state index is -0.591. The maximum atomic E-state index is 13.5. The fourth-order valence-electron chi connectivity index (χ4n) is 2.79. The van der Waals surface area contributed by atoms with Crippen LogP contribution in [0.2, 0.25) is 5.02 Å². The summed E-state index contributed by atoms with van der Waals surface area (Å²) < 4.78 is 19.2. The van der Waals surface area contributed by atoms with Crippen LogP contribution in [-0.4, -0.2) is 23.5 Å². The van der Waals surface area contributed by atoms with Crippen LogP contribution in [0, 0.1) is 5.82 Å². The summed E-state index contributed by atoms with van der Waals surface area (Å²) in [6, 6.07) is 9.54. The molecule has 144 valence electrons. The van der Waals surface area contributed by atoms with E-state index in [0.717, 1.165) is 5.56 Å². The summed E-state index contributed by atoms with van der Waals surface area (Å²) in [6.07, 6.45) is 1.78. The van der Waals surface area contributed by atoms with Crippen molar-refractivity contribution < 1.29 is 18.7 Å². The molecule has 1 aliphatic rings. The van der Waals surface area contributed by atoms with E-state index in [-0.39, 0.29) is 16.5 Å². The molecular formula is C20H16ClFN2O3S. The van der Waals surface area contributed by atoms with Crippen molar-refractivity contribution in [1.29, 1.82) is 0 Å². The number of thiocarbonyl (C=S) groups is 1. The monoisotopic (exact) mass is 418 g/mol. The van der Waals surface area contributed by atoms with Crippen molar-refractivity contribution in [2.75, 3.05) is 6.61 Å². The zero-order valence-electron chi connectivity index (χ0n) is 14.8. The predicted molar refractivity (Wildman–Crippen MR) is 109 cm³/mol. The van der Waals surface area contributed by atoms with Crippen molar-refractivity contribution in [2.24, 2.45) is 0 Å². The molecule has 0 unspecified atom stereocenters. The molecule has 0 aliphatic carbocycles. The van der Waals surface area contributed by atoms with Gasteiger partial charge in [0.15, 0.2) is 5.11 Å². The molecule has 2 aromatic rings. The molecule has 0 spiro atoms. The zero-order valence-corrected chi connectivity index (χ0v) is 16.4. The van der Waals surface area contributed by atoms with Gasteiger partial charge in [-0.1, -0.05) is 23.7 Å². The molecule has 2 N–H and O–H groups in total. The van der Waals surface area contributed by atoms with Gasteiger partial charge >= 0.3 is 0 Å². The Bertz CT molecular complexity index is 985. The fraction of sp³-hybridized carbons (Fsp3) is 0.150. The Kier molecular flexibility index (Phi) is 6.06. The maximum absolute atomic E-state index is 13.5. The quantitative estimate of drug-likeness (QED) is 0.444. The number of benzene rings is 2. The number of carbonyl (C=O) groups is 2. The lowest BCUT2D eigenvalue weighted by atomic mass is 10.0. The average Bonchev–Trinajstić information content (AvgIpc) is 2.61. The van der Waals surface area contributed by atoms with Gasteiger partial charge in [0, 0.05) is 17.0 Å². The molecule has 5 nitrogen and oxygen atoms in total. The van der Waals surface area contributed by atoms with Crippen molar-refractivity contribution in [3.8, 4) is 5.75 Å². The lowest BCUT2D eigenvalue weighted by molar-refractivity contribution is -0.123. The third kappa shape index (κ3) is 4.55. The van der Waals surface area contributed by atoms with E-state index in [1.165, 1.54) is 18.2 Å². The molecule has 2 amide bonds. The van der Waals surface area contributed by atoms with Gasteiger partial charge in [-0.15, -0.1) is 0 Å². The van der Waals surface area contributed by atoms with Gasteiger partial charge in [0.1, 0.15) is 17.1 Å². The molecule has 0 saturated carbocycles. The molecule has 2 aromatic carbocycles. The first-order valence-corrected chi connectivity index (χ1v) is 9.24. The SMILES string of the molecule is CCOc1cc(C=C2C(=O)NC(=S)NC2=O)cc(Cl)c1Cc1cccc(F)c1. The van der Waals surface area contributed by atoms with Crippen LogP contribution >= 0.6 is 23.8 Å². The summed E-state index contributed by atoms with van der Waals surface area (Å²) in [6.45, 7) is 2.22. The second-order valence-electron chi connectivity index (χ2n) is 6.01. The number of hydrogen-bond acceptors (Lipinski definition) is 4. The van der Waals surface area contributed by atoms with Gasteiger partial charge in [-0.3, -0.25) is 20.2 Å². The predicted octanol–water partition coefficient (Wildman–Crippen LogP) is 3.38. The van der Waals surface area contributed by atoms with Crippen LogP contribution in [-0.2, 0) is 16.0 Å². The number of ether oxygens (including phenoxy) is 1. The second kappa shape index (κ2) is 8.50. The second-order valence-corrected chi connectivity index (χ2v) is 6.83. The molecule has 28 heavy (non-hydrogen) atoms. The Balaban J connectivity index is 1.99. The van der Waals surface area contributed by atoms with E-state index < -0.39 is 11.8 Å². The molecule has 1 aliphatic heterocycles. The Labute approximate surface area is 171 Å². The molecule has 0 aromatic heterocycles. The minimum Gasteiger partial charge on any atom is -0.494 e. The molecule has 8 heteroatoms. The summed E-state index contributed by atoms with van der Waals surface area (Å²) in [4.78, 5) is 24.1. The standard InChI is InChI=1S/C20H16ClFN2O3S/c1-2-27-17-10-12(8-15-18(25)23-20(28)24-19(15)26)9-16(21)14(17)7-11-4-3-5-13(22)6-11/h3-6,8-10H,2,7H2,1H3,(H2,23,24,25,26,28). The van der Waals surface area contributed by atoms with Crippen molar-refractivity contribution in [1.82, 2.24) is 10.6 Å². The lowest BCUT2D eigenvalue weighted by Gasteiger charge is -2.17. The Morgan fingerprint density at radius 3 is 2.54 bits per heavy atom. The zero-order chi connectivity index (χ0) is 20.3. The first kappa shape index (κ1) is 20.0. The Morgan fingerprint density at radius 1 is 1.18 bits per heavy atom. The number of amides is 2. The first-order valence-electron chi connectivity index (χ1n) is 8.45. The van der Waals surface area contributed by atoms with Gasteiger partial charge in [-0.05, 0) is 60.6 Å². The van der Waals surface area contributed by atoms with E-state index >= 15 is 0 Å². The highest BCUT2D eigenvalue weighted by molar-refractivity contribution is 7.80. The van der Waals surface area contributed by atoms with Crippen LogP contribution in [0.15, 0.2) is 42.0 Å². The normalized spacial score (nSPS) is 13.8. The van der Waals surface area contributed by atoms with Crippen LogP contribution in [0.25, 0.3) is 6.08 Å². The smallest absolute Gasteiger partial charge is 0.263 e. The van der Waals surface area contributed by atoms with Crippen LogP contribution in [0.3, 0.4) is 0 Å². The van der Waals surface area contributed by atoms with E-state index in [0.29, 0.717) is 34.9 Å². The summed E-state index contributed by atoms with van der Waals surface area (Å²) in [5.74, 6) is -1.02. The molecular weight excluding hydrogens is 403 g/mol. The van der Waals surface area contributed by atoms with Crippen molar-refractivity contribution >= 4 is 46.8 Å². The van der Waals surface area contributed by atoms with Gasteiger partial charge in [-0.25, -0.2) is 4.39 Å². The fourth-order valence-corrected chi connectivity index (χ4v) is 3.27. The van der Waals surface area contributed by atoms with Crippen LogP contribution in [0.5, 0.6) is 5.75 Å². The highest BCUT2D eigenvalue weighted by Crippen LogP contribution is 2.32. The number of carbonyl (C=O) groups excluding carboxylic acids is 2. The van der Waals surface area contributed by atoms with Gasteiger partial charge in [0.05, 0.1) is 6.61 Å². The maximum Gasteiger partial charge on any atom is 0.263 e. The highest BCUT2D eigenvalue weighted by atomic mass is 35.5. The van der Waals surface area contributed by atoms with Gasteiger partial charge in [-0.2, -0.15) is 0 Å². The van der Waals surface area contributed by atoms with Crippen molar-refractivity contribution in [3.63, 3.8) is 0 Å². The first-order chi connectivity index (χ1) is 13.4. The number of hydrogen-bond donors (Lipinski definition) is 2. The summed E-state index contributed by atoms with van der Waals surface area (Å²) >= 11 is 11.2. The van der Waals surface area contributed by atoms with Crippen LogP contribution < -0.4 is 15.4 Å². The van der Waals surface area contributed by atoms with E-state index in [4.69, 9.17) is 28.6 Å². The molecule has 3 rings (SSSR count). The largest absolute Gasteiger partial charge is 0.494 e. The summed E-state index contributed by atoms with van der Waals surface area (Å²) in [5.41, 5.74) is 1.86. The number of rotatable bonds is 5. The van der Waals surface area contributed by atoms with E-state index in [1.54, 1.807) is 24.3 Å². The van der Waals surface area contributed by atoms with E-state index in [2.05, 4.69) is 10.6 Å². The molecule has 1 fully saturated rings. The minimum absolute atomic E-state index is 0.0365. The van der Waals surface area contributed by atoms with Crippen molar-refractivity contribution in [3.05, 3.63) is 69.5 Å². The van der Waals surface area contributed by atoms with Gasteiger partial charge in [0.25, 0.3) is 11.8 Å². The number of halogens is 2. The van der Waals surface area contributed by atoms with Crippen LogP contribution in [0.1, 0.15) is 23.6 Å². The Hall–Kier alpha value is -2.77. The van der Waals surface area contributed by atoms with Gasteiger partial charge in [0.2, 0.25) is 0 Å². The van der Waals surface area contributed by atoms with Gasteiger partial charge < -0.3 is 4.74 Å². The number of nitrogens with one attached hydrogen (secondary N) is 2. The molecule has 0 atom stereocenters. The third-order valence-electron chi connectivity index (χ3n) is 4.00. The third-order valence-corrected chi connectivity index (χ3v) is 4.54. The van der Waals surface area contributed by atoms with Crippen LogP contribution in [0.4, 0.5) is 4.39 Å². The van der Waals surface area contributed by atoms with Crippen molar-refractivity contribution in [2.45, 2.75) is 13.3 Å². The molecule has 0 bridgehead atoms. The van der Waals surface area contributed by atoms with E-state index in [9.17, 15) is 14.0 Å².